The Bertz CT molecular complexity index is 484. The monoisotopic (exact) mass is 427 g/mol. The molecule has 0 spiro atoms. The normalized spacial score (nSPS) is 18.4. The third-order valence-electron chi connectivity index (χ3n) is 4.82. The van der Waals surface area contributed by atoms with Crippen LogP contribution in [-0.2, 0) is 19.1 Å². The summed E-state index contributed by atoms with van der Waals surface area (Å²) in [6.07, 6.45) is 3.59. The molecule has 0 saturated carbocycles. The molecule has 0 amide bonds. The van der Waals surface area contributed by atoms with Gasteiger partial charge in [-0.15, -0.1) is 0 Å². The average Bonchev–Trinajstić information content (AvgIpc) is 2.64. The van der Waals surface area contributed by atoms with Gasteiger partial charge in [0.2, 0.25) is 0 Å². The van der Waals surface area contributed by atoms with Crippen LogP contribution in [0.3, 0.4) is 0 Å². The fourth-order valence-corrected chi connectivity index (χ4v) is 3.42. The molecule has 0 N–H and O–H groups in total. The fraction of sp³-hybridized carbons (Fsp3) is 0.913. The van der Waals surface area contributed by atoms with Crippen LogP contribution in [0, 0.1) is 0 Å². The molecule has 0 radical (unpaired) electrons. The van der Waals surface area contributed by atoms with E-state index in [1.807, 2.05) is 41.5 Å². The van der Waals surface area contributed by atoms with Crippen molar-refractivity contribution in [2.24, 2.45) is 0 Å². The van der Waals surface area contributed by atoms with Crippen molar-refractivity contribution in [3.05, 3.63) is 0 Å². The maximum atomic E-state index is 12.4. The van der Waals surface area contributed by atoms with Gasteiger partial charge in [0.05, 0.1) is 13.1 Å². The Balaban J connectivity index is 2.74. The Labute approximate surface area is 184 Å². The molecular formula is C23H45N3O4. The Morgan fingerprint density at radius 2 is 1.03 bits per heavy atom. The van der Waals surface area contributed by atoms with E-state index in [1.54, 1.807) is 0 Å². The molecule has 1 rings (SSSR count). The predicted octanol–water partition coefficient (Wildman–Crippen LogP) is 2.78. The first-order valence-electron chi connectivity index (χ1n) is 11.5. The van der Waals surface area contributed by atoms with Crippen molar-refractivity contribution < 1.29 is 19.1 Å². The summed E-state index contributed by atoms with van der Waals surface area (Å²) in [6, 6.07) is 0. The van der Waals surface area contributed by atoms with Gasteiger partial charge in [-0.25, -0.2) is 0 Å². The van der Waals surface area contributed by atoms with E-state index in [0.717, 1.165) is 45.8 Å². The molecule has 1 aliphatic rings. The molecule has 1 saturated heterocycles. The van der Waals surface area contributed by atoms with Crippen LogP contribution < -0.4 is 0 Å². The summed E-state index contributed by atoms with van der Waals surface area (Å²) in [7, 11) is 0. The number of hydrogen-bond acceptors (Lipinski definition) is 7. The topological polar surface area (TPSA) is 62.3 Å². The molecule has 0 aromatic heterocycles. The second-order valence-electron chi connectivity index (χ2n) is 10.3. The third-order valence-corrected chi connectivity index (χ3v) is 4.82. The molecule has 7 heteroatoms. The highest BCUT2D eigenvalue weighted by Crippen LogP contribution is 2.10. The second-order valence-corrected chi connectivity index (χ2v) is 10.3. The summed E-state index contributed by atoms with van der Waals surface area (Å²) < 4.78 is 11.0. The molecule has 176 valence electrons. The quantitative estimate of drug-likeness (QED) is 0.436. The van der Waals surface area contributed by atoms with Crippen molar-refractivity contribution in [2.45, 2.75) is 78.9 Å². The molecule has 0 aliphatic carbocycles. The van der Waals surface area contributed by atoms with E-state index < -0.39 is 11.2 Å². The summed E-state index contributed by atoms with van der Waals surface area (Å²) in [5.41, 5.74) is -0.961. The zero-order chi connectivity index (χ0) is 22.8. The van der Waals surface area contributed by atoms with Gasteiger partial charge >= 0.3 is 11.9 Å². The molecule has 0 aromatic carbocycles. The summed E-state index contributed by atoms with van der Waals surface area (Å²) in [5.74, 6) is -0.393. The van der Waals surface area contributed by atoms with Crippen LogP contribution in [0.2, 0.25) is 0 Å². The molecule has 1 fully saturated rings. The molecule has 0 unspecified atom stereocenters. The number of nitrogens with zero attached hydrogens (tertiary/aromatic N) is 3. The maximum absolute atomic E-state index is 12.4. The maximum Gasteiger partial charge on any atom is 0.320 e. The smallest absolute Gasteiger partial charge is 0.320 e. The van der Waals surface area contributed by atoms with Crippen LogP contribution in [0.5, 0.6) is 0 Å². The van der Waals surface area contributed by atoms with E-state index in [9.17, 15) is 9.59 Å². The molecule has 1 heterocycles. The van der Waals surface area contributed by atoms with Gasteiger partial charge in [0.15, 0.2) is 0 Å². The summed E-state index contributed by atoms with van der Waals surface area (Å²) in [5, 5.41) is 0. The van der Waals surface area contributed by atoms with Gasteiger partial charge in [-0.3, -0.25) is 19.4 Å². The van der Waals surface area contributed by atoms with E-state index >= 15 is 0 Å². The fourth-order valence-electron chi connectivity index (χ4n) is 3.42. The molecule has 0 aromatic rings. The van der Waals surface area contributed by atoms with Crippen LogP contribution >= 0.6 is 0 Å². The third kappa shape index (κ3) is 13.2. The number of hydrogen-bond donors (Lipinski definition) is 0. The van der Waals surface area contributed by atoms with Crippen LogP contribution in [0.25, 0.3) is 0 Å². The van der Waals surface area contributed by atoms with Gasteiger partial charge < -0.3 is 14.4 Å². The molecular weight excluding hydrogens is 382 g/mol. The summed E-state index contributed by atoms with van der Waals surface area (Å²) in [6.45, 7) is 20.1. The van der Waals surface area contributed by atoms with E-state index in [4.69, 9.17) is 9.47 Å². The minimum Gasteiger partial charge on any atom is -0.459 e. The minimum absolute atomic E-state index is 0.196. The zero-order valence-corrected chi connectivity index (χ0v) is 20.5. The van der Waals surface area contributed by atoms with Crippen LogP contribution in [0.4, 0.5) is 0 Å². The number of esters is 2. The highest BCUT2D eigenvalue weighted by atomic mass is 16.6. The van der Waals surface area contributed by atoms with Crippen LogP contribution in [0.1, 0.15) is 67.7 Å². The van der Waals surface area contributed by atoms with E-state index in [2.05, 4.69) is 21.6 Å². The first-order valence-corrected chi connectivity index (χ1v) is 11.5. The van der Waals surface area contributed by atoms with Crippen molar-refractivity contribution in [3.63, 3.8) is 0 Å². The lowest BCUT2D eigenvalue weighted by molar-refractivity contribution is -0.158. The molecule has 30 heavy (non-hydrogen) atoms. The lowest BCUT2D eigenvalue weighted by atomic mass is 10.2. The Hall–Kier alpha value is -1.18. The zero-order valence-electron chi connectivity index (χ0n) is 20.5. The predicted molar refractivity (Wildman–Crippen MR) is 121 cm³/mol. The van der Waals surface area contributed by atoms with E-state index in [0.29, 0.717) is 0 Å². The van der Waals surface area contributed by atoms with Crippen molar-refractivity contribution in [1.82, 2.24) is 14.7 Å². The molecule has 7 nitrogen and oxygen atoms in total. The SMILES string of the molecule is CCCCCN1CCN(CC(=O)OC(C)(C)C)CCN(CC(=O)OC(C)(C)C)CC1. The average molecular weight is 428 g/mol. The first-order chi connectivity index (χ1) is 13.9. The molecule has 0 atom stereocenters. The number of unbranched alkanes of at least 4 members (excludes halogenated alkanes) is 2. The standard InChI is InChI=1S/C23H45N3O4/c1-8-9-10-11-24-12-14-25(18-20(27)29-22(2,3)4)16-17-26(15-13-24)19-21(28)30-23(5,6)7/h8-19H2,1-7H3. The lowest BCUT2D eigenvalue weighted by Crippen LogP contribution is -2.42. The number of rotatable bonds is 8. The van der Waals surface area contributed by atoms with Gasteiger partial charge in [0.1, 0.15) is 11.2 Å². The number of ether oxygens (including phenoxy) is 2. The van der Waals surface area contributed by atoms with Gasteiger partial charge in [-0.2, -0.15) is 0 Å². The molecule has 1 aliphatic heterocycles. The number of carbonyl (C=O) groups excluding carboxylic acids is 2. The summed E-state index contributed by atoms with van der Waals surface area (Å²) >= 11 is 0. The van der Waals surface area contributed by atoms with Crippen molar-refractivity contribution in [3.8, 4) is 0 Å². The highest BCUT2D eigenvalue weighted by molar-refractivity contribution is 5.72. The lowest BCUT2D eigenvalue weighted by Gasteiger charge is -2.27. The largest absolute Gasteiger partial charge is 0.459 e. The number of carbonyl (C=O) groups is 2. The van der Waals surface area contributed by atoms with Crippen molar-refractivity contribution in [1.29, 1.82) is 0 Å². The Kier molecular flexibility index (Phi) is 11.3. The first kappa shape index (κ1) is 26.9. The van der Waals surface area contributed by atoms with E-state index in [1.165, 1.54) is 19.3 Å². The summed E-state index contributed by atoms with van der Waals surface area (Å²) in [4.78, 5) is 31.5. The van der Waals surface area contributed by atoms with Gasteiger partial charge in [0.25, 0.3) is 0 Å². The highest BCUT2D eigenvalue weighted by Gasteiger charge is 2.24. The van der Waals surface area contributed by atoms with Crippen molar-refractivity contribution >= 4 is 11.9 Å². The Morgan fingerprint density at radius 1 is 0.667 bits per heavy atom. The van der Waals surface area contributed by atoms with Gasteiger partial charge in [0, 0.05) is 39.3 Å². The minimum atomic E-state index is -0.481. The van der Waals surface area contributed by atoms with Crippen LogP contribution in [-0.4, -0.2) is 96.7 Å². The Morgan fingerprint density at radius 3 is 1.37 bits per heavy atom. The van der Waals surface area contributed by atoms with Gasteiger partial charge in [-0.05, 0) is 54.5 Å². The van der Waals surface area contributed by atoms with Crippen LogP contribution in [0.15, 0.2) is 0 Å². The second kappa shape index (κ2) is 12.6. The van der Waals surface area contributed by atoms with Crippen molar-refractivity contribution in [2.75, 3.05) is 58.9 Å². The van der Waals surface area contributed by atoms with Gasteiger partial charge in [-0.1, -0.05) is 19.8 Å². The van der Waals surface area contributed by atoms with E-state index in [-0.39, 0.29) is 25.0 Å². The molecule has 0 bridgehead atoms.